The fourth-order valence-corrected chi connectivity index (χ4v) is 3.38. The summed E-state index contributed by atoms with van der Waals surface area (Å²) in [5.74, 6) is -1.48. The molecule has 10 heteroatoms. The largest absolute Gasteiger partial charge is 0.412 e. The van der Waals surface area contributed by atoms with E-state index < -0.39 is 26.6 Å². The van der Waals surface area contributed by atoms with Crippen LogP contribution in [0, 0.1) is 5.82 Å². The van der Waals surface area contributed by atoms with Gasteiger partial charge < -0.3 is 9.73 Å². The lowest BCUT2D eigenvalue weighted by Crippen LogP contribution is -2.25. The van der Waals surface area contributed by atoms with Gasteiger partial charge in [0.25, 0.3) is 5.91 Å². The third-order valence-electron chi connectivity index (χ3n) is 3.57. The van der Waals surface area contributed by atoms with E-state index in [1.165, 1.54) is 30.5 Å². The Hall–Kier alpha value is -3.14. The highest BCUT2D eigenvalue weighted by Gasteiger charge is 2.24. The molecule has 8 nitrogen and oxygen atoms in total. The van der Waals surface area contributed by atoms with Gasteiger partial charge >= 0.3 is 5.22 Å². The number of hydrogen-bond donors (Lipinski definition) is 1. The van der Waals surface area contributed by atoms with Crippen LogP contribution >= 0.6 is 0 Å². The fraction of sp³-hybridized carbons (Fsp3) is 0.176. The van der Waals surface area contributed by atoms with Crippen LogP contribution in [0.2, 0.25) is 0 Å². The molecule has 0 fully saturated rings. The van der Waals surface area contributed by atoms with Crippen molar-refractivity contribution in [1.29, 1.82) is 0 Å². The van der Waals surface area contributed by atoms with Crippen molar-refractivity contribution in [3.05, 3.63) is 71.6 Å². The van der Waals surface area contributed by atoms with E-state index in [2.05, 4.69) is 20.5 Å². The molecule has 0 aliphatic carbocycles. The van der Waals surface area contributed by atoms with Gasteiger partial charge in [-0.2, -0.15) is 0 Å². The number of pyridine rings is 1. The quantitative estimate of drug-likeness (QED) is 0.651. The summed E-state index contributed by atoms with van der Waals surface area (Å²) >= 11 is 0. The molecule has 3 rings (SSSR count). The summed E-state index contributed by atoms with van der Waals surface area (Å²) in [6, 6.07) is 8.81. The smallest absolute Gasteiger partial charge is 0.335 e. The van der Waals surface area contributed by atoms with E-state index in [9.17, 15) is 17.6 Å². The van der Waals surface area contributed by atoms with Crippen molar-refractivity contribution in [3.63, 3.8) is 0 Å². The number of carbonyl (C=O) groups is 1. The molecule has 140 valence electrons. The standard InChI is InChI=1S/C17H15FN4O4S/c18-14-6-2-1-4-13(14)11-27(24,25)17-22-21-15(26-17)7-9-20-16(23)12-5-3-8-19-10-12/h1-6,8,10H,7,9,11H2,(H,20,23). The van der Waals surface area contributed by atoms with E-state index in [0.717, 1.165) is 0 Å². The Bertz CT molecular complexity index is 1040. The summed E-state index contributed by atoms with van der Waals surface area (Å²) in [7, 11) is -3.98. The zero-order chi connectivity index (χ0) is 19.3. The zero-order valence-corrected chi connectivity index (χ0v) is 14.8. The normalized spacial score (nSPS) is 11.3. The van der Waals surface area contributed by atoms with Crippen LogP contribution in [0.3, 0.4) is 0 Å². The molecule has 0 spiro atoms. The van der Waals surface area contributed by atoms with E-state index in [4.69, 9.17) is 4.42 Å². The van der Waals surface area contributed by atoms with Crippen LogP contribution in [-0.2, 0) is 22.0 Å². The van der Waals surface area contributed by atoms with Crippen molar-refractivity contribution in [1.82, 2.24) is 20.5 Å². The topological polar surface area (TPSA) is 115 Å². The maximum atomic E-state index is 13.6. The Labute approximate surface area is 154 Å². The van der Waals surface area contributed by atoms with Gasteiger partial charge in [0.15, 0.2) is 0 Å². The lowest BCUT2D eigenvalue weighted by molar-refractivity contribution is 0.0953. The number of aromatic nitrogens is 3. The van der Waals surface area contributed by atoms with Gasteiger partial charge in [0.1, 0.15) is 5.82 Å². The number of rotatable bonds is 7. The van der Waals surface area contributed by atoms with Gasteiger partial charge in [0.2, 0.25) is 15.7 Å². The van der Waals surface area contributed by atoms with Crippen molar-refractivity contribution < 1.29 is 22.0 Å². The first-order chi connectivity index (χ1) is 13.0. The molecular formula is C17H15FN4O4S. The number of hydrogen-bond acceptors (Lipinski definition) is 7. The summed E-state index contributed by atoms with van der Waals surface area (Å²) in [4.78, 5) is 15.7. The summed E-state index contributed by atoms with van der Waals surface area (Å²) in [5.41, 5.74) is 0.414. The van der Waals surface area contributed by atoms with Gasteiger partial charge in [-0.05, 0) is 18.2 Å². The van der Waals surface area contributed by atoms with Crippen LogP contribution in [0.15, 0.2) is 58.4 Å². The first-order valence-electron chi connectivity index (χ1n) is 7.92. The Morgan fingerprint density at radius 2 is 1.96 bits per heavy atom. The molecule has 0 saturated heterocycles. The molecule has 3 aromatic rings. The third-order valence-corrected chi connectivity index (χ3v) is 4.95. The number of sulfone groups is 1. The maximum Gasteiger partial charge on any atom is 0.335 e. The van der Waals surface area contributed by atoms with Crippen LogP contribution in [-0.4, -0.2) is 36.1 Å². The number of benzene rings is 1. The van der Waals surface area contributed by atoms with E-state index in [-0.39, 0.29) is 30.3 Å². The Balaban J connectivity index is 1.59. The summed E-state index contributed by atoms with van der Waals surface area (Å²) in [6.07, 6.45) is 3.13. The van der Waals surface area contributed by atoms with E-state index in [0.29, 0.717) is 5.56 Å². The van der Waals surface area contributed by atoms with Crippen molar-refractivity contribution in [2.24, 2.45) is 0 Å². The molecule has 0 aliphatic heterocycles. The molecule has 27 heavy (non-hydrogen) atoms. The molecule has 0 bridgehead atoms. The van der Waals surface area contributed by atoms with Gasteiger partial charge in [0, 0.05) is 30.9 Å². The highest BCUT2D eigenvalue weighted by Crippen LogP contribution is 2.17. The average molecular weight is 390 g/mol. The average Bonchev–Trinajstić information content (AvgIpc) is 3.14. The van der Waals surface area contributed by atoms with E-state index >= 15 is 0 Å². The molecule has 1 aromatic carbocycles. The van der Waals surface area contributed by atoms with Crippen molar-refractivity contribution in [2.75, 3.05) is 6.54 Å². The van der Waals surface area contributed by atoms with Crippen LogP contribution < -0.4 is 5.32 Å². The monoisotopic (exact) mass is 390 g/mol. The van der Waals surface area contributed by atoms with E-state index in [1.807, 2.05) is 0 Å². The highest BCUT2D eigenvalue weighted by atomic mass is 32.2. The molecule has 0 radical (unpaired) electrons. The minimum atomic E-state index is -3.98. The SMILES string of the molecule is O=C(NCCc1nnc(S(=O)(=O)Cc2ccccc2F)o1)c1cccnc1. The summed E-state index contributed by atoms with van der Waals surface area (Å²) in [6.45, 7) is 0.169. The van der Waals surface area contributed by atoms with Crippen molar-refractivity contribution >= 4 is 15.7 Å². The summed E-state index contributed by atoms with van der Waals surface area (Å²) < 4.78 is 43.4. The first-order valence-corrected chi connectivity index (χ1v) is 9.58. The molecule has 0 unspecified atom stereocenters. The molecule has 1 N–H and O–H groups in total. The molecule has 2 heterocycles. The van der Waals surface area contributed by atoms with Gasteiger partial charge in [-0.1, -0.05) is 23.3 Å². The Kier molecular flexibility index (Phi) is 5.55. The second-order valence-electron chi connectivity index (χ2n) is 5.56. The lowest BCUT2D eigenvalue weighted by atomic mass is 10.2. The van der Waals surface area contributed by atoms with Gasteiger partial charge in [-0.3, -0.25) is 9.78 Å². The first kappa shape index (κ1) is 18.6. The van der Waals surface area contributed by atoms with Gasteiger partial charge in [-0.25, -0.2) is 12.8 Å². The van der Waals surface area contributed by atoms with Crippen LogP contribution in [0.25, 0.3) is 0 Å². The second-order valence-corrected chi connectivity index (χ2v) is 7.43. The molecule has 2 aromatic heterocycles. The van der Waals surface area contributed by atoms with Crippen molar-refractivity contribution in [3.8, 4) is 0 Å². The van der Waals surface area contributed by atoms with Crippen LogP contribution in [0.5, 0.6) is 0 Å². The van der Waals surface area contributed by atoms with Gasteiger partial charge in [-0.15, -0.1) is 5.10 Å². The highest BCUT2D eigenvalue weighted by molar-refractivity contribution is 7.90. The number of nitrogens with one attached hydrogen (secondary N) is 1. The predicted octanol–water partition coefficient (Wildman–Crippen LogP) is 1.55. The molecule has 0 saturated carbocycles. The number of carbonyl (C=O) groups excluding carboxylic acids is 1. The Morgan fingerprint density at radius 3 is 2.70 bits per heavy atom. The predicted molar refractivity (Wildman–Crippen MR) is 91.9 cm³/mol. The number of amides is 1. The molecule has 1 amide bonds. The zero-order valence-electron chi connectivity index (χ0n) is 14.0. The third kappa shape index (κ3) is 4.73. The van der Waals surface area contributed by atoms with Crippen LogP contribution in [0.4, 0.5) is 4.39 Å². The minimum absolute atomic E-state index is 0.0148. The van der Waals surface area contributed by atoms with E-state index in [1.54, 1.807) is 18.3 Å². The molecular weight excluding hydrogens is 375 g/mol. The fourth-order valence-electron chi connectivity index (χ4n) is 2.23. The minimum Gasteiger partial charge on any atom is -0.412 e. The maximum absolute atomic E-state index is 13.6. The molecule has 0 aliphatic rings. The Morgan fingerprint density at radius 1 is 1.15 bits per heavy atom. The molecule has 0 atom stereocenters. The lowest BCUT2D eigenvalue weighted by Gasteiger charge is -2.03. The number of nitrogens with zero attached hydrogens (tertiary/aromatic N) is 3. The van der Waals surface area contributed by atoms with Gasteiger partial charge in [0.05, 0.1) is 11.3 Å². The van der Waals surface area contributed by atoms with Crippen LogP contribution in [0.1, 0.15) is 21.8 Å². The van der Waals surface area contributed by atoms with Crippen molar-refractivity contribution in [2.45, 2.75) is 17.4 Å². The second kappa shape index (κ2) is 8.04. The number of halogens is 1. The summed E-state index contributed by atoms with van der Waals surface area (Å²) in [5, 5.41) is 9.24.